The fourth-order valence-corrected chi connectivity index (χ4v) is 2.31. The molecular weight excluding hydrogens is 268 g/mol. The molecule has 0 amide bonds. The number of esters is 1. The van der Waals surface area contributed by atoms with Crippen molar-refractivity contribution in [2.24, 2.45) is 5.16 Å². The van der Waals surface area contributed by atoms with Gasteiger partial charge in [-0.15, -0.1) is 0 Å². The van der Waals surface area contributed by atoms with Gasteiger partial charge in [-0.2, -0.15) is 0 Å². The average molecular weight is 282 g/mol. The molecule has 21 heavy (non-hydrogen) atoms. The monoisotopic (exact) mass is 282 g/mol. The zero-order valence-corrected chi connectivity index (χ0v) is 11.2. The second-order valence-electron chi connectivity index (χ2n) is 4.69. The smallest absolute Gasteiger partial charge is 0.340 e. The van der Waals surface area contributed by atoms with Gasteiger partial charge in [0.05, 0.1) is 17.8 Å². The van der Waals surface area contributed by atoms with Gasteiger partial charge in [0, 0.05) is 5.56 Å². The third-order valence-corrected chi connectivity index (χ3v) is 3.36. The molecule has 1 aliphatic heterocycles. The van der Waals surface area contributed by atoms with E-state index in [1.165, 1.54) is 0 Å². The Labute approximate surface area is 121 Å². The largest absolute Gasteiger partial charge is 0.457 e. The van der Waals surface area contributed by atoms with Crippen LogP contribution in [-0.4, -0.2) is 23.4 Å². The second-order valence-corrected chi connectivity index (χ2v) is 4.69. The number of anilines is 1. The van der Waals surface area contributed by atoms with E-state index in [-0.39, 0.29) is 6.61 Å². The standard InChI is InChI=1S/C16H14N2O3/c19-16(21-10-11-5-2-1-3-6-11)13-8-4-7-12-14(18-20)9-17-15(12)13/h1-8,17,20H,9-10H2. The summed E-state index contributed by atoms with van der Waals surface area (Å²) >= 11 is 0. The molecule has 0 fully saturated rings. The van der Waals surface area contributed by atoms with E-state index in [9.17, 15) is 4.79 Å². The van der Waals surface area contributed by atoms with Crippen LogP contribution in [0.4, 0.5) is 5.69 Å². The Morgan fingerprint density at radius 1 is 1.19 bits per heavy atom. The number of rotatable bonds is 3. The topological polar surface area (TPSA) is 70.9 Å². The van der Waals surface area contributed by atoms with Crippen LogP contribution in [0.3, 0.4) is 0 Å². The van der Waals surface area contributed by atoms with Gasteiger partial charge in [0.2, 0.25) is 0 Å². The highest BCUT2D eigenvalue weighted by molar-refractivity contribution is 6.15. The molecular formula is C16H14N2O3. The minimum atomic E-state index is -0.401. The maximum atomic E-state index is 12.2. The summed E-state index contributed by atoms with van der Waals surface area (Å²) in [6.45, 7) is 0.624. The SMILES string of the molecule is O=C(OCc1ccccc1)c1cccc2c1NCC2=NO. The first-order valence-corrected chi connectivity index (χ1v) is 6.59. The number of nitrogens with one attached hydrogen (secondary N) is 1. The highest BCUT2D eigenvalue weighted by Gasteiger charge is 2.24. The van der Waals surface area contributed by atoms with Crippen LogP contribution in [0, 0.1) is 0 Å². The molecule has 0 aliphatic carbocycles. The Balaban J connectivity index is 1.79. The van der Waals surface area contributed by atoms with Crippen molar-refractivity contribution in [2.75, 3.05) is 11.9 Å². The molecule has 0 aromatic heterocycles. The molecule has 3 rings (SSSR count). The molecule has 0 atom stereocenters. The number of fused-ring (bicyclic) bond motifs is 1. The summed E-state index contributed by atoms with van der Waals surface area (Å²) in [6.07, 6.45) is 0. The fraction of sp³-hybridized carbons (Fsp3) is 0.125. The van der Waals surface area contributed by atoms with Crippen LogP contribution >= 0.6 is 0 Å². The van der Waals surface area contributed by atoms with Gasteiger partial charge in [0.15, 0.2) is 0 Å². The number of carbonyl (C=O) groups excluding carboxylic acids is 1. The zero-order chi connectivity index (χ0) is 14.7. The second kappa shape index (κ2) is 5.66. The van der Waals surface area contributed by atoms with E-state index in [1.807, 2.05) is 30.3 Å². The fourth-order valence-electron chi connectivity index (χ4n) is 2.31. The van der Waals surface area contributed by atoms with Gasteiger partial charge in [-0.1, -0.05) is 47.6 Å². The van der Waals surface area contributed by atoms with Crippen LogP contribution in [0.1, 0.15) is 21.5 Å². The first-order valence-electron chi connectivity index (χ1n) is 6.59. The van der Waals surface area contributed by atoms with Gasteiger partial charge in [0.25, 0.3) is 0 Å². The van der Waals surface area contributed by atoms with Crippen LogP contribution in [0.5, 0.6) is 0 Å². The quantitative estimate of drug-likeness (QED) is 0.516. The number of benzene rings is 2. The Kier molecular flexibility index (Phi) is 3.55. The summed E-state index contributed by atoms with van der Waals surface area (Å²) < 4.78 is 5.33. The summed E-state index contributed by atoms with van der Waals surface area (Å²) in [6, 6.07) is 14.8. The van der Waals surface area contributed by atoms with Crippen molar-refractivity contribution < 1.29 is 14.7 Å². The molecule has 2 aromatic rings. The van der Waals surface area contributed by atoms with E-state index in [0.717, 1.165) is 11.1 Å². The van der Waals surface area contributed by atoms with Crippen LogP contribution in [-0.2, 0) is 11.3 Å². The molecule has 1 heterocycles. The van der Waals surface area contributed by atoms with Crippen molar-refractivity contribution in [3.8, 4) is 0 Å². The average Bonchev–Trinajstić information content (AvgIpc) is 2.96. The van der Waals surface area contributed by atoms with E-state index < -0.39 is 5.97 Å². The van der Waals surface area contributed by atoms with Crippen molar-refractivity contribution in [1.29, 1.82) is 0 Å². The molecule has 0 bridgehead atoms. The van der Waals surface area contributed by atoms with E-state index >= 15 is 0 Å². The molecule has 1 aliphatic rings. The highest BCUT2D eigenvalue weighted by atomic mass is 16.5. The van der Waals surface area contributed by atoms with E-state index in [0.29, 0.717) is 23.5 Å². The first kappa shape index (κ1) is 13.2. The summed E-state index contributed by atoms with van der Waals surface area (Å²) in [5.74, 6) is -0.401. The lowest BCUT2D eigenvalue weighted by atomic mass is 10.1. The first-order chi connectivity index (χ1) is 10.3. The molecule has 2 aromatic carbocycles. The van der Waals surface area contributed by atoms with Crippen LogP contribution in [0.15, 0.2) is 53.7 Å². The normalized spacial score (nSPS) is 14.6. The molecule has 0 saturated heterocycles. The molecule has 106 valence electrons. The number of ether oxygens (including phenoxy) is 1. The van der Waals surface area contributed by atoms with Crippen molar-refractivity contribution in [1.82, 2.24) is 0 Å². The molecule has 0 radical (unpaired) electrons. The van der Waals surface area contributed by atoms with Gasteiger partial charge >= 0.3 is 5.97 Å². The van der Waals surface area contributed by atoms with Gasteiger partial charge in [-0.05, 0) is 11.6 Å². The van der Waals surface area contributed by atoms with Crippen LogP contribution in [0.25, 0.3) is 0 Å². The highest BCUT2D eigenvalue weighted by Crippen LogP contribution is 2.27. The van der Waals surface area contributed by atoms with Gasteiger partial charge in [-0.25, -0.2) is 4.79 Å². The molecule has 0 unspecified atom stereocenters. The maximum Gasteiger partial charge on any atom is 0.340 e. The maximum absolute atomic E-state index is 12.2. The third kappa shape index (κ3) is 2.58. The van der Waals surface area contributed by atoms with Crippen molar-refractivity contribution in [3.63, 3.8) is 0 Å². The van der Waals surface area contributed by atoms with E-state index in [1.54, 1.807) is 18.2 Å². The lowest BCUT2D eigenvalue weighted by Gasteiger charge is -2.08. The van der Waals surface area contributed by atoms with Crippen molar-refractivity contribution >= 4 is 17.4 Å². The summed E-state index contributed by atoms with van der Waals surface area (Å²) in [5.41, 5.74) is 3.28. The number of hydrogen-bond acceptors (Lipinski definition) is 5. The van der Waals surface area contributed by atoms with Gasteiger partial charge in [-0.3, -0.25) is 0 Å². The zero-order valence-electron chi connectivity index (χ0n) is 11.2. The van der Waals surface area contributed by atoms with Gasteiger partial charge < -0.3 is 15.3 Å². The number of hydrogen-bond donors (Lipinski definition) is 2. The lowest BCUT2D eigenvalue weighted by molar-refractivity contribution is 0.0474. The van der Waals surface area contributed by atoms with E-state index in [2.05, 4.69) is 10.5 Å². The predicted molar refractivity (Wildman–Crippen MR) is 78.8 cm³/mol. The Hall–Kier alpha value is -2.82. The number of oxime groups is 1. The predicted octanol–water partition coefficient (Wildman–Crippen LogP) is 2.65. The van der Waals surface area contributed by atoms with E-state index in [4.69, 9.17) is 9.94 Å². The number of para-hydroxylation sites is 1. The lowest BCUT2D eigenvalue weighted by Crippen LogP contribution is -2.08. The molecule has 0 spiro atoms. The summed E-state index contributed by atoms with van der Waals surface area (Å²) in [7, 11) is 0. The summed E-state index contributed by atoms with van der Waals surface area (Å²) in [4.78, 5) is 12.2. The Morgan fingerprint density at radius 2 is 2.00 bits per heavy atom. The molecule has 5 nitrogen and oxygen atoms in total. The Morgan fingerprint density at radius 3 is 2.76 bits per heavy atom. The molecule has 0 saturated carbocycles. The van der Waals surface area contributed by atoms with Crippen molar-refractivity contribution in [2.45, 2.75) is 6.61 Å². The minimum absolute atomic E-state index is 0.226. The minimum Gasteiger partial charge on any atom is -0.457 e. The summed E-state index contributed by atoms with van der Waals surface area (Å²) in [5, 5.41) is 15.2. The third-order valence-electron chi connectivity index (χ3n) is 3.36. The van der Waals surface area contributed by atoms with Gasteiger partial charge in [0.1, 0.15) is 12.3 Å². The van der Waals surface area contributed by atoms with Crippen LogP contribution in [0.2, 0.25) is 0 Å². The number of nitrogens with zero attached hydrogens (tertiary/aromatic N) is 1. The Bertz CT molecular complexity index is 696. The van der Waals surface area contributed by atoms with Crippen LogP contribution < -0.4 is 5.32 Å². The van der Waals surface area contributed by atoms with Crippen molar-refractivity contribution in [3.05, 3.63) is 65.2 Å². The molecule has 5 heteroatoms. The molecule has 2 N–H and O–H groups in total. The number of carbonyl (C=O) groups is 1.